The molecule has 76 valence electrons. The summed E-state index contributed by atoms with van der Waals surface area (Å²) in [5, 5.41) is 0. The topological polar surface area (TPSA) is 15.6 Å². The van der Waals surface area contributed by atoms with Crippen molar-refractivity contribution in [1.82, 2.24) is 4.90 Å². The van der Waals surface area contributed by atoms with Gasteiger partial charge in [0, 0.05) is 18.7 Å². The van der Waals surface area contributed by atoms with Crippen molar-refractivity contribution in [3.63, 3.8) is 0 Å². The van der Waals surface area contributed by atoms with E-state index in [-0.39, 0.29) is 0 Å². The van der Waals surface area contributed by atoms with Crippen LogP contribution in [0.5, 0.6) is 0 Å². The molecule has 1 saturated heterocycles. The van der Waals surface area contributed by atoms with Crippen LogP contribution in [0.4, 0.5) is 0 Å². The summed E-state index contributed by atoms with van der Waals surface area (Å²) in [5.74, 6) is 1.24. The van der Waals surface area contributed by atoms with E-state index in [4.69, 9.17) is 0 Å². The van der Waals surface area contributed by atoms with Gasteiger partial charge in [0.15, 0.2) is 0 Å². The second kappa shape index (κ2) is 3.23. The zero-order valence-electron chi connectivity index (χ0n) is 8.80. The van der Waals surface area contributed by atoms with Gasteiger partial charge in [-0.05, 0) is 18.6 Å². The molecule has 0 amide bonds. The monoisotopic (exact) mass is 198 g/mol. The predicted octanol–water partition coefficient (Wildman–Crippen LogP) is 2.75. The van der Waals surface area contributed by atoms with Crippen LogP contribution >= 0.6 is 0 Å². The van der Waals surface area contributed by atoms with Crippen LogP contribution in [0, 0.1) is 0 Å². The highest BCUT2D eigenvalue weighted by molar-refractivity contribution is 5.90. The van der Waals surface area contributed by atoms with E-state index in [2.05, 4.69) is 53.2 Å². The van der Waals surface area contributed by atoms with Crippen molar-refractivity contribution in [3.05, 3.63) is 48.2 Å². The smallest absolute Gasteiger partial charge is 0.107 e. The van der Waals surface area contributed by atoms with Gasteiger partial charge in [-0.15, -0.1) is 0 Å². The molecule has 1 aromatic carbocycles. The van der Waals surface area contributed by atoms with Gasteiger partial charge in [0.05, 0.1) is 6.04 Å². The van der Waals surface area contributed by atoms with Gasteiger partial charge in [-0.3, -0.25) is 0 Å². The van der Waals surface area contributed by atoms with E-state index < -0.39 is 0 Å². The summed E-state index contributed by atoms with van der Waals surface area (Å²) in [4.78, 5) is 6.78. The van der Waals surface area contributed by atoms with Gasteiger partial charge in [-0.25, -0.2) is 4.99 Å². The molecule has 2 nitrogen and oxygen atoms in total. The van der Waals surface area contributed by atoms with Gasteiger partial charge in [0.2, 0.25) is 0 Å². The van der Waals surface area contributed by atoms with E-state index in [0.717, 1.165) is 6.42 Å². The maximum absolute atomic E-state index is 4.39. The van der Waals surface area contributed by atoms with Gasteiger partial charge in [0.25, 0.3) is 0 Å². The molecule has 0 radical (unpaired) electrons. The fraction of sp³-hybridized carbons (Fsp3) is 0.308. The molecule has 15 heavy (non-hydrogen) atoms. The predicted molar refractivity (Wildman–Crippen MR) is 61.7 cm³/mol. The first-order chi connectivity index (χ1) is 7.36. The summed E-state index contributed by atoms with van der Waals surface area (Å²) in [6, 6.07) is 11.7. The number of hydrogen-bond donors (Lipinski definition) is 0. The fourth-order valence-corrected chi connectivity index (χ4v) is 2.38. The maximum atomic E-state index is 4.39. The Bertz CT molecular complexity index is 419. The first kappa shape index (κ1) is 8.72. The second-order valence-electron chi connectivity index (χ2n) is 4.17. The number of fused-ring (bicyclic) bond motifs is 1. The molecule has 1 fully saturated rings. The molecule has 0 saturated carbocycles. The molecule has 2 heterocycles. The van der Waals surface area contributed by atoms with E-state index in [1.54, 1.807) is 0 Å². The van der Waals surface area contributed by atoms with Crippen molar-refractivity contribution in [2.45, 2.75) is 25.4 Å². The Morgan fingerprint density at radius 1 is 1.27 bits per heavy atom. The lowest BCUT2D eigenvalue weighted by Crippen LogP contribution is -2.51. The number of amidine groups is 1. The molecule has 0 aliphatic carbocycles. The number of hydrogen-bond acceptors (Lipinski definition) is 2. The summed E-state index contributed by atoms with van der Waals surface area (Å²) in [7, 11) is 0. The third-order valence-corrected chi connectivity index (χ3v) is 3.22. The molecule has 2 aliphatic rings. The molecule has 1 aromatic rings. The van der Waals surface area contributed by atoms with Gasteiger partial charge >= 0.3 is 0 Å². The highest BCUT2D eigenvalue weighted by atomic mass is 15.3. The first-order valence-corrected chi connectivity index (χ1v) is 5.43. The van der Waals surface area contributed by atoms with E-state index in [0.29, 0.717) is 12.1 Å². The Labute approximate surface area is 89.9 Å². The van der Waals surface area contributed by atoms with E-state index in [1.165, 1.54) is 11.4 Å². The molecular weight excluding hydrogens is 184 g/mol. The van der Waals surface area contributed by atoms with Crippen LogP contribution in [-0.2, 0) is 0 Å². The Hall–Kier alpha value is -1.57. The SMILES string of the molecule is C[C@H]1C=CN=C2C[C@H](c3ccccc3)N21. The lowest BCUT2D eigenvalue weighted by molar-refractivity contribution is 0.217. The van der Waals surface area contributed by atoms with Crippen LogP contribution in [0.25, 0.3) is 0 Å². The van der Waals surface area contributed by atoms with Crippen LogP contribution in [0.2, 0.25) is 0 Å². The van der Waals surface area contributed by atoms with Crippen LogP contribution in [0.15, 0.2) is 47.6 Å². The largest absolute Gasteiger partial charge is 0.346 e. The van der Waals surface area contributed by atoms with E-state index in [1.807, 2.05) is 6.20 Å². The van der Waals surface area contributed by atoms with Crippen LogP contribution in [0.3, 0.4) is 0 Å². The van der Waals surface area contributed by atoms with Gasteiger partial charge < -0.3 is 4.90 Å². The highest BCUT2D eigenvalue weighted by Crippen LogP contribution is 2.38. The van der Waals surface area contributed by atoms with Gasteiger partial charge in [-0.2, -0.15) is 0 Å². The summed E-state index contributed by atoms with van der Waals surface area (Å²) in [6.45, 7) is 2.22. The molecule has 2 atom stereocenters. The van der Waals surface area contributed by atoms with Gasteiger partial charge in [-0.1, -0.05) is 30.3 Å². The Morgan fingerprint density at radius 2 is 2.07 bits per heavy atom. The molecule has 2 heteroatoms. The van der Waals surface area contributed by atoms with Crippen molar-refractivity contribution in [2.75, 3.05) is 0 Å². The third kappa shape index (κ3) is 1.29. The number of aliphatic imine (C=N–C) groups is 1. The van der Waals surface area contributed by atoms with Crippen molar-refractivity contribution < 1.29 is 0 Å². The lowest BCUT2D eigenvalue weighted by Gasteiger charge is -2.48. The summed E-state index contributed by atoms with van der Waals surface area (Å²) in [5.41, 5.74) is 1.40. The minimum absolute atomic E-state index is 0.483. The number of benzene rings is 1. The quantitative estimate of drug-likeness (QED) is 0.677. The maximum Gasteiger partial charge on any atom is 0.107 e. The van der Waals surface area contributed by atoms with Crippen LogP contribution in [-0.4, -0.2) is 16.8 Å². The zero-order valence-corrected chi connectivity index (χ0v) is 8.80. The molecule has 0 N–H and O–H groups in total. The van der Waals surface area contributed by atoms with Crippen molar-refractivity contribution in [1.29, 1.82) is 0 Å². The molecule has 0 spiro atoms. The van der Waals surface area contributed by atoms with Crippen LogP contribution < -0.4 is 0 Å². The van der Waals surface area contributed by atoms with E-state index in [9.17, 15) is 0 Å². The fourth-order valence-electron chi connectivity index (χ4n) is 2.38. The molecular formula is C13H14N2. The molecule has 0 bridgehead atoms. The Morgan fingerprint density at radius 3 is 2.80 bits per heavy atom. The second-order valence-corrected chi connectivity index (χ2v) is 4.17. The van der Waals surface area contributed by atoms with Crippen molar-refractivity contribution in [3.8, 4) is 0 Å². The lowest BCUT2D eigenvalue weighted by atomic mass is 9.90. The average Bonchev–Trinajstić information content (AvgIpc) is 2.22. The number of nitrogens with zero attached hydrogens (tertiary/aromatic N) is 2. The standard InChI is InChI=1S/C13H14N2/c1-10-7-8-14-13-9-12(15(10)13)11-5-3-2-4-6-11/h2-8,10,12H,9H2,1H3/t10-,12+/m0/s1. The first-order valence-electron chi connectivity index (χ1n) is 5.43. The minimum Gasteiger partial charge on any atom is -0.346 e. The molecule has 3 rings (SSSR count). The minimum atomic E-state index is 0.483. The third-order valence-electron chi connectivity index (χ3n) is 3.22. The van der Waals surface area contributed by atoms with Crippen molar-refractivity contribution >= 4 is 5.84 Å². The van der Waals surface area contributed by atoms with Crippen molar-refractivity contribution in [2.24, 2.45) is 4.99 Å². The average molecular weight is 198 g/mol. The summed E-state index contributed by atoms with van der Waals surface area (Å²) in [6.07, 6.45) is 5.16. The van der Waals surface area contributed by atoms with Crippen LogP contribution in [0.1, 0.15) is 24.9 Å². The Balaban J connectivity index is 1.88. The Kier molecular flexibility index (Phi) is 1.88. The highest BCUT2D eigenvalue weighted by Gasteiger charge is 2.38. The normalized spacial score (nSPS) is 28.1. The molecule has 2 aliphatic heterocycles. The summed E-state index contributed by atoms with van der Waals surface area (Å²) >= 11 is 0. The van der Waals surface area contributed by atoms with Gasteiger partial charge in [0.1, 0.15) is 5.84 Å². The molecule has 0 aromatic heterocycles. The summed E-state index contributed by atoms with van der Waals surface area (Å²) < 4.78 is 0. The number of rotatable bonds is 1. The zero-order chi connectivity index (χ0) is 10.3. The molecule has 0 unspecified atom stereocenters. The van der Waals surface area contributed by atoms with E-state index >= 15 is 0 Å².